The molecule has 0 saturated carbocycles. The van der Waals surface area contributed by atoms with E-state index >= 15 is 0 Å². The highest BCUT2D eigenvalue weighted by molar-refractivity contribution is 7.79. The van der Waals surface area contributed by atoms with Gasteiger partial charge in [0.1, 0.15) is 6.61 Å². The van der Waals surface area contributed by atoms with Gasteiger partial charge in [0.25, 0.3) is 0 Å². The van der Waals surface area contributed by atoms with E-state index in [1.807, 2.05) is 30.3 Å². The molecule has 0 radical (unpaired) electrons. The molecule has 0 aliphatic carbocycles. The number of rotatable bonds is 5. The quantitative estimate of drug-likeness (QED) is 0.338. The Morgan fingerprint density at radius 1 is 1.38 bits per heavy atom. The normalized spacial score (nSPS) is 10.6. The van der Waals surface area contributed by atoms with Crippen LogP contribution in [0.5, 0.6) is 0 Å². The average Bonchev–Trinajstić information content (AvgIpc) is 2.34. The third-order valence-corrected chi connectivity index (χ3v) is 2.00. The lowest BCUT2D eigenvalue weighted by Gasteiger charge is -2.02. The summed E-state index contributed by atoms with van der Waals surface area (Å²) in [5.74, 6) is -0.417. The third-order valence-electron chi connectivity index (χ3n) is 1.86. The lowest BCUT2D eigenvalue weighted by Crippen LogP contribution is -2.07. The van der Waals surface area contributed by atoms with Crippen LogP contribution in [0.25, 0.3) is 6.08 Å². The number of carbonyl (C=O) groups excluding carboxylic acids is 1. The minimum absolute atomic E-state index is 0.133. The summed E-state index contributed by atoms with van der Waals surface area (Å²) in [6.45, 7) is 3.71. The van der Waals surface area contributed by atoms with E-state index in [1.165, 1.54) is 11.4 Å². The van der Waals surface area contributed by atoms with Crippen molar-refractivity contribution in [3.8, 4) is 0 Å². The molecule has 1 aromatic carbocycles. The van der Waals surface area contributed by atoms with Gasteiger partial charge in [-0.15, -0.1) is 0 Å². The zero-order valence-corrected chi connectivity index (χ0v) is 9.57. The minimum atomic E-state index is -0.417. The lowest BCUT2D eigenvalue weighted by molar-refractivity contribution is -0.136. The van der Waals surface area contributed by atoms with Crippen LogP contribution < -0.4 is 0 Å². The molecular weight excluding hydrogens is 220 g/mol. The monoisotopic (exact) mass is 232 g/mol. The zero-order chi connectivity index (χ0) is 11.8. The van der Waals surface area contributed by atoms with Crippen LogP contribution in [0.3, 0.4) is 0 Å². The Balaban J connectivity index is 2.81. The van der Waals surface area contributed by atoms with E-state index in [-0.39, 0.29) is 6.61 Å². The molecule has 0 unspecified atom stereocenters. The molecule has 0 bridgehead atoms. The molecule has 0 aromatic heterocycles. The minimum Gasteiger partial charge on any atom is -0.457 e. The predicted octanol–water partition coefficient (Wildman–Crippen LogP) is 2.80. The fraction of sp³-hybridized carbons (Fsp3) is 0.0769. The first-order valence-corrected chi connectivity index (χ1v) is 5.25. The van der Waals surface area contributed by atoms with Crippen molar-refractivity contribution < 1.29 is 9.53 Å². The van der Waals surface area contributed by atoms with Gasteiger partial charge in [-0.3, -0.25) is 0 Å². The maximum atomic E-state index is 11.5. The SMILES string of the molecule is C=CC(=Cc1ccccc1)C(=O)OCC=S. The Morgan fingerprint density at radius 3 is 2.62 bits per heavy atom. The Morgan fingerprint density at radius 2 is 2.06 bits per heavy atom. The average molecular weight is 232 g/mol. The largest absolute Gasteiger partial charge is 0.457 e. The fourth-order valence-electron chi connectivity index (χ4n) is 1.12. The summed E-state index contributed by atoms with van der Waals surface area (Å²) in [6, 6.07) is 9.51. The second-order valence-corrected chi connectivity index (χ2v) is 3.31. The molecule has 0 amide bonds. The van der Waals surface area contributed by atoms with Gasteiger partial charge in [0.2, 0.25) is 0 Å². The third kappa shape index (κ3) is 3.79. The molecule has 0 fully saturated rings. The summed E-state index contributed by atoms with van der Waals surface area (Å²) in [4.78, 5) is 11.5. The molecule has 82 valence electrons. The molecule has 0 aliphatic heterocycles. The molecule has 2 nitrogen and oxygen atoms in total. The number of benzene rings is 1. The van der Waals surface area contributed by atoms with Crippen LogP contribution in [-0.4, -0.2) is 17.9 Å². The van der Waals surface area contributed by atoms with Crippen molar-refractivity contribution >= 4 is 29.6 Å². The molecule has 3 heteroatoms. The number of esters is 1. The van der Waals surface area contributed by atoms with Crippen molar-refractivity contribution in [1.29, 1.82) is 0 Å². The van der Waals surface area contributed by atoms with Crippen LogP contribution >= 0.6 is 12.2 Å². The molecule has 0 atom stereocenters. The summed E-state index contributed by atoms with van der Waals surface area (Å²) >= 11 is 4.58. The number of hydrogen-bond donors (Lipinski definition) is 0. The van der Waals surface area contributed by atoms with E-state index < -0.39 is 5.97 Å². The van der Waals surface area contributed by atoms with Crippen LogP contribution in [0, 0.1) is 0 Å². The summed E-state index contributed by atoms with van der Waals surface area (Å²) in [6.07, 6.45) is 3.19. The van der Waals surface area contributed by atoms with Crippen molar-refractivity contribution in [2.75, 3.05) is 6.61 Å². The van der Waals surface area contributed by atoms with E-state index in [2.05, 4.69) is 18.8 Å². The Bertz CT molecular complexity index is 407. The molecule has 1 rings (SSSR count). The van der Waals surface area contributed by atoms with E-state index in [0.717, 1.165) is 5.56 Å². The summed E-state index contributed by atoms with van der Waals surface area (Å²) in [7, 11) is 0. The maximum absolute atomic E-state index is 11.5. The van der Waals surface area contributed by atoms with Crippen LogP contribution in [0.2, 0.25) is 0 Å². The van der Waals surface area contributed by atoms with Gasteiger partial charge in [-0.1, -0.05) is 55.2 Å². The molecule has 0 N–H and O–H groups in total. The van der Waals surface area contributed by atoms with Crippen LogP contribution in [0.15, 0.2) is 48.6 Å². The van der Waals surface area contributed by atoms with E-state index in [1.54, 1.807) is 6.08 Å². The first-order chi connectivity index (χ1) is 7.77. The smallest absolute Gasteiger partial charge is 0.338 e. The van der Waals surface area contributed by atoms with Gasteiger partial charge in [0, 0.05) is 5.37 Å². The van der Waals surface area contributed by atoms with Crippen LogP contribution in [-0.2, 0) is 9.53 Å². The van der Waals surface area contributed by atoms with Gasteiger partial charge in [-0.05, 0) is 11.6 Å². The van der Waals surface area contributed by atoms with Crippen molar-refractivity contribution in [3.05, 3.63) is 54.1 Å². The summed E-state index contributed by atoms with van der Waals surface area (Å²) in [5.41, 5.74) is 1.35. The van der Waals surface area contributed by atoms with E-state index in [0.29, 0.717) is 5.57 Å². The second-order valence-electron chi connectivity index (χ2n) is 2.98. The first-order valence-electron chi connectivity index (χ1n) is 4.78. The van der Waals surface area contributed by atoms with Gasteiger partial charge in [0.05, 0.1) is 5.57 Å². The van der Waals surface area contributed by atoms with Crippen molar-refractivity contribution in [1.82, 2.24) is 0 Å². The predicted molar refractivity (Wildman–Crippen MR) is 69.2 cm³/mol. The van der Waals surface area contributed by atoms with E-state index in [4.69, 9.17) is 4.74 Å². The highest BCUT2D eigenvalue weighted by Crippen LogP contribution is 2.08. The van der Waals surface area contributed by atoms with Crippen molar-refractivity contribution in [2.45, 2.75) is 0 Å². The Labute approximate surface area is 100 Å². The second kappa shape index (κ2) is 6.69. The Kier molecular flexibility index (Phi) is 5.16. The van der Waals surface area contributed by atoms with Crippen molar-refractivity contribution in [2.24, 2.45) is 0 Å². The van der Waals surface area contributed by atoms with Gasteiger partial charge < -0.3 is 4.74 Å². The van der Waals surface area contributed by atoms with Crippen molar-refractivity contribution in [3.63, 3.8) is 0 Å². The first kappa shape index (κ1) is 12.3. The van der Waals surface area contributed by atoms with Crippen LogP contribution in [0.4, 0.5) is 0 Å². The van der Waals surface area contributed by atoms with Gasteiger partial charge in [0.15, 0.2) is 0 Å². The molecule has 1 aromatic rings. The molecule has 0 aliphatic rings. The molecule has 16 heavy (non-hydrogen) atoms. The number of hydrogen-bond acceptors (Lipinski definition) is 3. The maximum Gasteiger partial charge on any atom is 0.338 e. The molecule has 0 saturated heterocycles. The highest BCUT2D eigenvalue weighted by atomic mass is 32.1. The van der Waals surface area contributed by atoms with Crippen LogP contribution in [0.1, 0.15) is 5.56 Å². The van der Waals surface area contributed by atoms with Gasteiger partial charge in [-0.25, -0.2) is 4.79 Å². The molecular formula is C13H12O2S. The van der Waals surface area contributed by atoms with Gasteiger partial charge in [-0.2, -0.15) is 0 Å². The number of ether oxygens (including phenoxy) is 1. The zero-order valence-electron chi connectivity index (χ0n) is 8.76. The molecule has 0 spiro atoms. The highest BCUT2D eigenvalue weighted by Gasteiger charge is 2.06. The standard InChI is InChI=1S/C13H12O2S/c1-2-12(13(14)15-8-9-16)10-11-6-4-3-5-7-11/h2-7,9-10H,1,8H2. The number of carbonyl (C=O) groups is 1. The van der Waals surface area contributed by atoms with Gasteiger partial charge >= 0.3 is 5.97 Å². The summed E-state index contributed by atoms with van der Waals surface area (Å²) in [5, 5.41) is 1.36. The topological polar surface area (TPSA) is 26.3 Å². The molecule has 0 heterocycles. The van der Waals surface area contributed by atoms with E-state index in [9.17, 15) is 4.79 Å². The lowest BCUT2D eigenvalue weighted by atomic mass is 10.1. The summed E-state index contributed by atoms with van der Waals surface area (Å²) < 4.78 is 4.88. The fourth-order valence-corrected chi connectivity index (χ4v) is 1.19. The Hall–Kier alpha value is -1.74. The number of thiocarbonyl (C=S) groups is 1.